The Labute approximate surface area is 244 Å². The molecule has 40 heavy (non-hydrogen) atoms. The standard InChI is InChI=1S/C30H25IN2O7/c1-4-39-23-14-18(13-22(31)29(23)40-15-17-9-11-19(12-10-17)33(36)37)25-24(30(35)38-3)16(2)32-27-20-7-5-6-8-21(20)28(34)26(25)27/h5-14,25,32H,4,15H2,1-3H3/t25-/m1/s1. The number of nitro groups is 1. The summed E-state index contributed by atoms with van der Waals surface area (Å²) < 4.78 is 18.0. The molecule has 204 valence electrons. The molecule has 0 bridgehead atoms. The Balaban J connectivity index is 1.57. The van der Waals surface area contributed by atoms with E-state index in [1.165, 1.54) is 19.2 Å². The lowest BCUT2D eigenvalue weighted by Gasteiger charge is -2.29. The topological polar surface area (TPSA) is 117 Å². The molecule has 3 aromatic carbocycles. The minimum Gasteiger partial charge on any atom is -0.490 e. The van der Waals surface area contributed by atoms with E-state index in [9.17, 15) is 19.7 Å². The largest absolute Gasteiger partial charge is 0.490 e. The number of ketones is 1. The highest BCUT2D eigenvalue weighted by Gasteiger charge is 2.43. The number of hydrogen-bond acceptors (Lipinski definition) is 8. The molecular formula is C30H25IN2O7. The second-order valence-corrected chi connectivity index (χ2v) is 10.4. The van der Waals surface area contributed by atoms with E-state index in [4.69, 9.17) is 14.2 Å². The molecular weight excluding hydrogens is 627 g/mol. The molecule has 2 aliphatic rings. The van der Waals surface area contributed by atoms with Gasteiger partial charge in [-0.3, -0.25) is 14.9 Å². The van der Waals surface area contributed by atoms with E-state index in [1.54, 1.807) is 31.2 Å². The van der Waals surface area contributed by atoms with Crippen molar-refractivity contribution in [2.45, 2.75) is 26.4 Å². The first-order valence-corrected chi connectivity index (χ1v) is 13.6. The summed E-state index contributed by atoms with van der Waals surface area (Å²) in [5.41, 5.74) is 4.92. The summed E-state index contributed by atoms with van der Waals surface area (Å²) in [6, 6.07) is 17.2. The average Bonchev–Trinajstić information content (AvgIpc) is 3.23. The molecule has 0 saturated carbocycles. The van der Waals surface area contributed by atoms with E-state index < -0.39 is 16.8 Å². The lowest BCUT2D eigenvalue weighted by atomic mass is 9.79. The number of benzene rings is 3. The van der Waals surface area contributed by atoms with Gasteiger partial charge in [0.25, 0.3) is 5.69 Å². The van der Waals surface area contributed by atoms with Crippen LogP contribution in [0.3, 0.4) is 0 Å². The van der Waals surface area contributed by atoms with Gasteiger partial charge in [0.15, 0.2) is 17.3 Å². The SMILES string of the molecule is CCOc1cc([C@@H]2C(C(=O)OC)=C(C)NC3=C2C(=O)c2ccccc23)cc(I)c1OCc1ccc([N+](=O)[O-])cc1. The Morgan fingerprint density at radius 3 is 2.42 bits per heavy atom. The number of dihydropyridines is 1. The molecule has 10 heteroatoms. The van der Waals surface area contributed by atoms with Crippen LogP contribution >= 0.6 is 22.6 Å². The number of halogens is 1. The maximum absolute atomic E-state index is 13.7. The number of nitro benzene ring substituents is 1. The molecule has 0 amide bonds. The number of hydrogen-bond donors (Lipinski definition) is 1. The predicted molar refractivity (Wildman–Crippen MR) is 156 cm³/mol. The van der Waals surface area contributed by atoms with Gasteiger partial charge in [-0.25, -0.2) is 4.79 Å². The summed E-state index contributed by atoms with van der Waals surface area (Å²) in [5.74, 6) is -0.425. The van der Waals surface area contributed by atoms with Crippen LogP contribution in [0.2, 0.25) is 0 Å². The molecule has 9 nitrogen and oxygen atoms in total. The Morgan fingerprint density at radius 2 is 1.77 bits per heavy atom. The van der Waals surface area contributed by atoms with Gasteiger partial charge in [0.1, 0.15) is 6.61 Å². The summed E-state index contributed by atoms with van der Waals surface area (Å²) in [6.45, 7) is 4.17. The van der Waals surface area contributed by atoms with Gasteiger partial charge < -0.3 is 19.5 Å². The number of nitrogens with one attached hydrogen (secondary N) is 1. The van der Waals surface area contributed by atoms with Crippen molar-refractivity contribution in [2.75, 3.05) is 13.7 Å². The molecule has 0 radical (unpaired) electrons. The zero-order valence-corrected chi connectivity index (χ0v) is 24.1. The van der Waals surface area contributed by atoms with Crippen molar-refractivity contribution in [1.29, 1.82) is 0 Å². The van der Waals surface area contributed by atoms with Gasteiger partial charge in [-0.15, -0.1) is 0 Å². The minimum atomic E-state index is -0.694. The number of nitrogens with zero attached hydrogens (tertiary/aromatic N) is 1. The van der Waals surface area contributed by atoms with Gasteiger partial charge in [0, 0.05) is 40.4 Å². The Kier molecular flexibility index (Phi) is 7.61. The number of ether oxygens (including phenoxy) is 3. The predicted octanol–water partition coefficient (Wildman–Crippen LogP) is 5.92. The Hall–Kier alpha value is -4.19. The number of non-ortho nitro benzene ring substituents is 1. The Morgan fingerprint density at radius 1 is 1.07 bits per heavy atom. The minimum absolute atomic E-state index is 0.00158. The maximum atomic E-state index is 13.7. The van der Waals surface area contributed by atoms with Gasteiger partial charge in [0.05, 0.1) is 33.5 Å². The number of carbonyl (C=O) groups is 2. The van der Waals surface area contributed by atoms with Gasteiger partial charge in [0.2, 0.25) is 0 Å². The summed E-state index contributed by atoms with van der Waals surface area (Å²) >= 11 is 2.15. The number of fused-ring (bicyclic) bond motifs is 2. The van der Waals surface area contributed by atoms with Crippen LogP contribution in [0.1, 0.15) is 46.8 Å². The maximum Gasteiger partial charge on any atom is 0.336 e. The van der Waals surface area contributed by atoms with Crippen molar-refractivity contribution in [3.63, 3.8) is 0 Å². The van der Waals surface area contributed by atoms with E-state index in [2.05, 4.69) is 27.9 Å². The summed E-state index contributed by atoms with van der Waals surface area (Å²) in [4.78, 5) is 37.3. The molecule has 1 heterocycles. The van der Waals surface area contributed by atoms with E-state index in [1.807, 2.05) is 31.2 Å². The van der Waals surface area contributed by atoms with Crippen LogP contribution < -0.4 is 14.8 Å². The smallest absolute Gasteiger partial charge is 0.336 e. The van der Waals surface area contributed by atoms with Crippen molar-refractivity contribution in [2.24, 2.45) is 0 Å². The van der Waals surface area contributed by atoms with E-state index in [0.29, 0.717) is 55.3 Å². The van der Waals surface area contributed by atoms with Crippen molar-refractivity contribution in [3.05, 3.63) is 113 Å². The molecule has 0 unspecified atom stereocenters. The summed E-state index contributed by atoms with van der Waals surface area (Å²) in [6.07, 6.45) is 0. The molecule has 1 aliphatic carbocycles. The number of allylic oxidation sites excluding steroid dienone is 2. The fourth-order valence-electron chi connectivity index (χ4n) is 5.07. The molecule has 1 aliphatic heterocycles. The van der Waals surface area contributed by atoms with Crippen molar-refractivity contribution in [3.8, 4) is 11.5 Å². The van der Waals surface area contributed by atoms with Crippen molar-refractivity contribution < 1.29 is 28.7 Å². The van der Waals surface area contributed by atoms with E-state index in [0.717, 1.165) is 11.1 Å². The lowest BCUT2D eigenvalue weighted by Crippen LogP contribution is -2.29. The number of carbonyl (C=O) groups excluding carboxylic acids is 2. The third kappa shape index (κ3) is 4.83. The number of esters is 1. The van der Waals surface area contributed by atoms with Gasteiger partial charge >= 0.3 is 5.97 Å². The number of rotatable bonds is 8. The average molecular weight is 652 g/mol. The normalized spacial score (nSPS) is 15.8. The third-order valence-corrected chi connectivity index (χ3v) is 7.65. The van der Waals surface area contributed by atoms with Crippen LogP contribution in [0.4, 0.5) is 5.69 Å². The number of methoxy groups -OCH3 is 1. The zero-order valence-electron chi connectivity index (χ0n) is 21.9. The van der Waals surface area contributed by atoms with Crippen molar-refractivity contribution in [1.82, 2.24) is 5.32 Å². The van der Waals surface area contributed by atoms with Crippen LogP contribution in [0, 0.1) is 13.7 Å². The monoisotopic (exact) mass is 652 g/mol. The lowest BCUT2D eigenvalue weighted by molar-refractivity contribution is -0.384. The molecule has 3 aromatic rings. The van der Waals surface area contributed by atoms with Gasteiger partial charge in [-0.2, -0.15) is 0 Å². The highest BCUT2D eigenvalue weighted by molar-refractivity contribution is 14.1. The molecule has 5 rings (SSSR count). The molecule has 0 aromatic heterocycles. The second-order valence-electron chi connectivity index (χ2n) is 9.23. The molecule has 0 fully saturated rings. The molecule has 1 N–H and O–H groups in total. The highest BCUT2D eigenvalue weighted by atomic mass is 127. The number of Topliss-reactive ketones (excluding diaryl/α,β-unsaturated/α-hetero) is 1. The molecule has 0 saturated heterocycles. The van der Waals surface area contributed by atoms with Crippen LogP contribution in [0.25, 0.3) is 5.70 Å². The molecule has 0 spiro atoms. The fraction of sp³-hybridized carbons (Fsp3) is 0.200. The summed E-state index contributed by atoms with van der Waals surface area (Å²) in [7, 11) is 1.32. The van der Waals surface area contributed by atoms with E-state index in [-0.39, 0.29) is 18.1 Å². The van der Waals surface area contributed by atoms with E-state index >= 15 is 0 Å². The Bertz CT molecular complexity index is 1610. The first-order chi connectivity index (χ1) is 19.2. The third-order valence-electron chi connectivity index (χ3n) is 6.85. The zero-order chi connectivity index (χ0) is 28.6. The second kappa shape index (κ2) is 11.1. The van der Waals surface area contributed by atoms with Crippen LogP contribution in [0.5, 0.6) is 11.5 Å². The van der Waals surface area contributed by atoms with Gasteiger partial charge in [-0.05, 0) is 71.8 Å². The quantitative estimate of drug-likeness (QED) is 0.138. The van der Waals surface area contributed by atoms with Crippen LogP contribution in [-0.4, -0.2) is 30.4 Å². The van der Waals surface area contributed by atoms with Gasteiger partial charge in [-0.1, -0.05) is 24.3 Å². The highest BCUT2D eigenvalue weighted by Crippen LogP contribution is 2.48. The van der Waals surface area contributed by atoms with Crippen LogP contribution in [-0.2, 0) is 16.1 Å². The summed E-state index contributed by atoms with van der Waals surface area (Å²) in [5, 5.41) is 14.3. The van der Waals surface area contributed by atoms with Crippen molar-refractivity contribution >= 4 is 45.7 Å². The first-order valence-electron chi connectivity index (χ1n) is 12.5. The van der Waals surface area contributed by atoms with Crippen LogP contribution in [0.15, 0.2) is 77.5 Å². The fourth-order valence-corrected chi connectivity index (χ4v) is 5.85. The first kappa shape index (κ1) is 27.4. The molecule has 1 atom stereocenters.